The number of hydrogen-bond acceptors (Lipinski definition) is 5. The number of fused-ring (bicyclic) bond motifs is 5. The van der Waals surface area contributed by atoms with Crippen LogP contribution in [-0.4, -0.2) is 34.2 Å². The van der Waals surface area contributed by atoms with E-state index in [2.05, 4.69) is 27.7 Å². The van der Waals surface area contributed by atoms with Crippen LogP contribution in [0.1, 0.15) is 112 Å². The Morgan fingerprint density at radius 1 is 1.06 bits per heavy atom. The zero-order chi connectivity index (χ0) is 26.9. The van der Waals surface area contributed by atoms with Gasteiger partial charge in [0.15, 0.2) is 17.2 Å². The van der Waals surface area contributed by atoms with Crippen molar-refractivity contribution in [2.45, 2.75) is 118 Å². The minimum absolute atomic E-state index is 0.00469. The molecule has 7 atom stereocenters. The van der Waals surface area contributed by atoms with E-state index in [0.717, 1.165) is 51.4 Å². The van der Waals surface area contributed by atoms with E-state index in [9.17, 15) is 19.2 Å². The van der Waals surface area contributed by atoms with Crippen LogP contribution in [0.3, 0.4) is 0 Å². The lowest BCUT2D eigenvalue weighted by molar-refractivity contribution is -0.187. The Balaban J connectivity index is 0.000000392. The van der Waals surface area contributed by atoms with E-state index in [-0.39, 0.29) is 28.4 Å². The Morgan fingerprint density at radius 2 is 1.72 bits per heavy atom. The predicted molar refractivity (Wildman–Crippen MR) is 138 cm³/mol. The molecule has 3 saturated carbocycles. The number of esters is 1. The summed E-state index contributed by atoms with van der Waals surface area (Å²) in [4.78, 5) is 46.7. The summed E-state index contributed by atoms with van der Waals surface area (Å²) in [6, 6.07) is 0. The monoisotopic (exact) mass is 502 g/mol. The van der Waals surface area contributed by atoms with Crippen LogP contribution in [0.15, 0.2) is 11.6 Å². The number of ether oxygens (including phenoxy) is 1. The number of ketones is 2. The van der Waals surface area contributed by atoms with Crippen LogP contribution < -0.4 is 0 Å². The minimum Gasteiger partial charge on any atom is -0.481 e. The SMILES string of the molecule is CC(=O)O[C@]1(C(C)=O)CC[C@H]2[C@@H]3C[C@H](C)C4=CC(=O)CC[C@]4(C)[C@H]3CC[C@@]21C.CCCCCC(=O)O. The molecule has 0 aromatic rings. The quantitative estimate of drug-likeness (QED) is 0.338. The molecule has 0 aromatic carbocycles. The molecular weight excluding hydrogens is 456 g/mol. The maximum atomic E-state index is 12.8. The molecule has 0 aliphatic heterocycles. The summed E-state index contributed by atoms with van der Waals surface area (Å²) < 4.78 is 5.84. The molecule has 0 saturated heterocycles. The molecular formula is C30H46O6. The first-order chi connectivity index (χ1) is 16.8. The van der Waals surface area contributed by atoms with Crippen molar-refractivity contribution in [1.82, 2.24) is 0 Å². The van der Waals surface area contributed by atoms with Crippen molar-refractivity contribution in [3.05, 3.63) is 11.6 Å². The van der Waals surface area contributed by atoms with Gasteiger partial charge in [0.25, 0.3) is 0 Å². The largest absolute Gasteiger partial charge is 0.481 e. The Hall–Kier alpha value is -1.98. The topological polar surface area (TPSA) is 97.7 Å². The van der Waals surface area contributed by atoms with Crippen molar-refractivity contribution in [3.63, 3.8) is 0 Å². The number of aliphatic carboxylic acids is 1. The van der Waals surface area contributed by atoms with Crippen LogP contribution in [0, 0.1) is 34.5 Å². The molecule has 0 aromatic heterocycles. The highest BCUT2D eigenvalue weighted by molar-refractivity contribution is 5.92. The van der Waals surface area contributed by atoms with E-state index >= 15 is 0 Å². The summed E-state index contributed by atoms with van der Waals surface area (Å²) >= 11 is 0. The molecule has 0 unspecified atom stereocenters. The number of unbranched alkanes of at least 4 members (excludes halogenated alkanes) is 2. The van der Waals surface area contributed by atoms with Crippen molar-refractivity contribution in [3.8, 4) is 0 Å². The third-order valence-electron chi connectivity index (χ3n) is 10.3. The Labute approximate surface area is 216 Å². The first kappa shape index (κ1) is 28.6. The van der Waals surface area contributed by atoms with Gasteiger partial charge in [0.05, 0.1) is 0 Å². The normalized spacial score (nSPS) is 38.9. The third kappa shape index (κ3) is 4.93. The number of Topliss-reactive ketones (excluding diaryl/α,β-unsaturated/α-hetero) is 1. The van der Waals surface area contributed by atoms with E-state index < -0.39 is 11.6 Å². The number of hydrogen-bond donors (Lipinski definition) is 1. The summed E-state index contributed by atoms with van der Waals surface area (Å²) in [6.07, 6.45) is 11.5. The van der Waals surface area contributed by atoms with Gasteiger partial charge in [-0.15, -0.1) is 0 Å². The molecule has 0 bridgehead atoms. The molecule has 4 rings (SSSR count). The van der Waals surface area contributed by atoms with E-state index in [4.69, 9.17) is 9.84 Å². The first-order valence-electron chi connectivity index (χ1n) is 14.0. The maximum absolute atomic E-state index is 12.8. The predicted octanol–water partition coefficient (Wildman–Crippen LogP) is 6.31. The van der Waals surface area contributed by atoms with E-state index in [0.29, 0.717) is 42.9 Å². The second kappa shape index (κ2) is 10.8. The van der Waals surface area contributed by atoms with E-state index in [1.54, 1.807) is 6.92 Å². The van der Waals surface area contributed by atoms with Crippen LogP contribution >= 0.6 is 0 Å². The smallest absolute Gasteiger partial charge is 0.303 e. The van der Waals surface area contributed by atoms with Gasteiger partial charge in [-0.05, 0) is 87.0 Å². The number of rotatable bonds is 6. The van der Waals surface area contributed by atoms with E-state index in [1.807, 2.05) is 6.08 Å². The molecule has 0 radical (unpaired) electrons. The van der Waals surface area contributed by atoms with Crippen LogP contribution in [0.25, 0.3) is 0 Å². The summed E-state index contributed by atoms with van der Waals surface area (Å²) in [7, 11) is 0. The molecule has 0 heterocycles. The summed E-state index contributed by atoms with van der Waals surface area (Å²) in [5.74, 6) is 1.14. The van der Waals surface area contributed by atoms with Crippen LogP contribution in [-0.2, 0) is 23.9 Å². The van der Waals surface area contributed by atoms with Crippen molar-refractivity contribution in [2.75, 3.05) is 0 Å². The molecule has 0 spiro atoms. The lowest BCUT2D eigenvalue weighted by atomic mass is 9.44. The fourth-order valence-corrected chi connectivity index (χ4v) is 8.57. The van der Waals surface area contributed by atoms with Gasteiger partial charge < -0.3 is 9.84 Å². The Morgan fingerprint density at radius 3 is 2.31 bits per heavy atom. The Kier molecular flexibility index (Phi) is 8.57. The maximum Gasteiger partial charge on any atom is 0.303 e. The van der Waals surface area contributed by atoms with Gasteiger partial charge in [0.1, 0.15) is 0 Å². The highest BCUT2D eigenvalue weighted by atomic mass is 16.6. The van der Waals surface area contributed by atoms with Crippen LogP contribution in [0.2, 0.25) is 0 Å². The van der Waals surface area contributed by atoms with Crippen molar-refractivity contribution >= 4 is 23.5 Å². The van der Waals surface area contributed by atoms with Crippen molar-refractivity contribution in [2.24, 2.45) is 34.5 Å². The molecule has 1 N–H and O–H groups in total. The summed E-state index contributed by atoms with van der Waals surface area (Å²) in [6.45, 7) is 11.9. The van der Waals surface area contributed by atoms with Gasteiger partial charge in [-0.1, -0.05) is 46.1 Å². The van der Waals surface area contributed by atoms with Gasteiger partial charge in [0.2, 0.25) is 0 Å². The standard InChI is InChI=1S/C24H34O4.C6H12O2/c1-14-12-18-19(22(4)9-6-17(27)13-21(14)22)7-10-23(5)20(18)8-11-24(23,15(2)25)28-16(3)26;1-2-3-4-5-6(7)8/h13-14,18-20H,6-12H2,1-5H3;2-5H2,1H3,(H,7,8)/t14-,18+,19-,20-,22+,23-,24-;/m0./s1. The number of carboxylic acid groups (broad SMARTS) is 1. The molecule has 4 aliphatic carbocycles. The molecule has 6 heteroatoms. The zero-order valence-electron chi connectivity index (χ0n) is 23.2. The lowest BCUT2D eigenvalue weighted by Gasteiger charge is -2.60. The van der Waals surface area contributed by atoms with Crippen molar-refractivity contribution < 1.29 is 29.0 Å². The van der Waals surface area contributed by atoms with Crippen LogP contribution in [0.5, 0.6) is 0 Å². The van der Waals surface area contributed by atoms with Gasteiger partial charge in [-0.3, -0.25) is 19.2 Å². The number of carboxylic acids is 1. The average Bonchev–Trinajstić information content (AvgIpc) is 3.08. The minimum atomic E-state index is -0.961. The summed E-state index contributed by atoms with van der Waals surface area (Å²) in [5.41, 5.74) is 0.218. The molecule has 36 heavy (non-hydrogen) atoms. The number of carbonyl (C=O) groups is 4. The average molecular weight is 503 g/mol. The zero-order valence-corrected chi connectivity index (χ0v) is 23.2. The third-order valence-corrected chi connectivity index (χ3v) is 10.3. The molecule has 202 valence electrons. The fraction of sp³-hybridized carbons (Fsp3) is 0.800. The lowest BCUT2D eigenvalue weighted by Crippen LogP contribution is -2.59. The summed E-state index contributed by atoms with van der Waals surface area (Å²) in [5, 5.41) is 8.14. The van der Waals surface area contributed by atoms with E-state index in [1.165, 1.54) is 12.5 Å². The fourth-order valence-electron chi connectivity index (χ4n) is 8.57. The molecule has 0 amide bonds. The molecule has 6 nitrogen and oxygen atoms in total. The van der Waals surface area contributed by atoms with Gasteiger partial charge >= 0.3 is 11.9 Å². The highest BCUT2D eigenvalue weighted by Gasteiger charge is 2.68. The number of carbonyl (C=O) groups excluding carboxylic acids is 3. The van der Waals surface area contributed by atoms with Crippen LogP contribution in [0.4, 0.5) is 0 Å². The first-order valence-corrected chi connectivity index (χ1v) is 14.0. The van der Waals surface area contributed by atoms with Crippen molar-refractivity contribution in [1.29, 1.82) is 0 Å². The second-order valence-corrected chi connectivity index (χ2v) is 12.3. The molecule has 4 aliphatic rings. The van der Waals surface area contributed by atoms with Gasteiger partial charge in [-0.2, -0.15) is 0 Å². The number of allylic oxidation sites excluding steroid dienone is 1. The second-order valence-electron chi connectivity index (χ2n) is 12.3. The highest BCUT2D eigenvalue weighted by Crippen LogP contribution is 2.69. The Bertz CT molecular complexity index is 920. The van der Waals surface area contributed by atoms with Gasteiger partial charge in [-0.25, -0.2) is 0 Å². The van der Waals surface area contributed by atoms with Gasteiger partial charge in [0, 0.05) is 25.2 Å². The molecule has 3 fully saturated rings.